The molecule has 1 aliphatic rings. The average Bonchev–Trinajstić information content (AvgIpc) is 2.77. The molecule has 1 atom stereocenters. The van der Waals surface area contributed by atoms with E-state index in [4.69, 9.17) is 0 Å². The lowest BCUT2D eigenvalue weighted by atomic mass is 9.90. The van der Waals surface area contributed by atoms with Gasteiger partial charge in [0.15, 0.2) is 0 Å². The summed E-state index contributed by atoms with van der Waals surface area (Å²) >= 11 is 0. The van der Waals surface area contributed by atoms with Gasteiger partial charge in [0.2, 0.25) is 0 Å². The summed E-state index contributed by atoms with van der Waals surface area (Å²) < 4.78 is 0. The predicted octanol–water partition coefficient (Wildman–Crippen LogP) is 1.32. The smallest absolute Gasteiger partial charge is 0.323 e. The Balaban J connectivity index is 2.34. The molecular formula is C12H24N2O2. The Morgan fingerprint density at radius 1 is 1.44 bits per heavy atom. The summed E-state index contributed by atoms with van der Waals surface area (Å²) in [6.45, 7) is 5.34. The summed E-state index contributed by atoms with van der Waals surface area (Å²) in [5, 5.41) is 12.2. The van der Waals surface area contributed by atoms with Crippen LogP contribution < -0.4 is 5.32 Å². The van der Waals surface area contributed by atoms with Crippen molar-refractivity contribution >= 4 is 5.97 Å². The summed E-state index contributed by atoms with van der Waals surface area (Å²) in [5.74, 6) is -0.723. The van der Waals surface area contributed by atoms with Crippen LogP contribution in [0.5, 0.6) is 0 Å². The standard InChI is InChI=1S/C12H24N2O2/c1-3-12(13-2,11(15)16)7-6-10-14-8-4-5-9-14/h13H,3-10H2,1-2H3,(H,15,16). The van der Waals surface area contributed by atoms with E-state index in [2.05, 4.69) is 10.2 Å². The molecule has 0 bridgehead atoms. The van der Waals surface area contributed by atoms with Crippen LogP contribution in [0, 0.1) is 0 Å². The molecule has 1 heterocycles. The Bertz CT molecular complexity index is 221. The van der Waals surface area contributed by atoms with E-state index in [1.807, 2.05) is 6.92 Å². The molecule has 2 N–H and O–H groups in total. The van der Waals surface area contributed by atoms with Crippen molar-refractivity contribution in [3.63, 3.8) is 0 Å². The monoisotopic (exact) mass is 228 g/mol. The molecule has 0 saturated carbocycles. The molecule has 1 aliphatic heterocycles. The van der Waals surface area contributed by atoms with Crippen LogP contribution >= 0.6 is 0 Å². The maximum absolute atomic E-state index is 11.2. The van der Waals surface area contributed by atoms with Crippen molar-refractivity contribution in [2.45, 2.75) is 44.6 Å². The quantitative estimate of drug-likeness (QED) is 0.690. The molecule has 0 amide bonds. The fourth-order valence-electron chi connectivity index (χ4n) is 2.45. The summed E-state index contributed by atoms with van der Waals surface area (Å²) in [6.07, 6.45) is 4.90. The fraction of sp³-hybridized carbons (Fsp3) is 0.917. The van der Waals surface area contributed by atoms with Gasteiger partial charge in [-0.1, -0.05) is 6.92 Å². The van der Waals surface area contributed by atoms with E-state index >= 15 is 0 Å². The Morgan fingerprint density at radius 2 is 2.06 bits per heavy atom. The number of hydrogen-bond donors (Lipinski definition) is 2. The summed E-state index contributed by atoms with van der Waals surface area (Å²) in [7, 11) is 1.74. The molecule has 0 aromatic heterocycles. The minimum Gasteiger partial charge on any atom is -0.480 e. The van der Waals surface area contributed by atoms with Gasteiger partial charge in [0, 0.05) is 0 Å². The first kappa shape index (κ1) is 13.5. The average molecular weight is 228 g/mol. The Morgan fingerprint density at radius 3 is 2.50 bits per heavy atom. The van der Waals surface area contributed by atoms with E-state index in [9.17, 15) is 9.90 Å². The SMILES string of the molecule is CCC(CCCN1CCCC1)(NC)C(=O)O. The molecule has 16 heavy (non-hydrogen) atoms. The second-order valence-corrected chi connectivity index (χ2v) is 4.64. The number of rotatable bonds is 7. The molecular weight excluding hydrogens is 204 g/mol. The number of carbonyl (C=O) groups is 1. The van der Waals surface area contributed by atoms with Gasteiger partial charge in [-0.25, -0.2) is 0 Å². The molecule has 0 aliphatic carbocycles. The highest BCUT2D eigenvalue weighted by Crippen LogP contribution is 2.18. The van der Waals surface area contributed by atoms with Gasteiger partial charge in [0.05, 0.1) is 0 Å². The van der Waals surface area contributed by atoms with Gasteiger partial charge in [0.25, 0.3) is 0 Å². The first-order valence-corrected chi connectivity index (χ1v) is 6.29. The number of carboxylic acids is 1. The van der Waals surface area contributed by atoms with Crippen molar-refractivity contribution in [1.82, 2.24) is 10.2 Å². The van der Waals surface area contributed by atoms with Crippen LogP contribution in [0.4, 0.5) is 0 Å². The van der Waals surface area contributed by atoms with E-state index in [1.54, 1.807) is 7.05 Å². The van der Waals surface area contributed by atoms with Crippen LogP contribution in [0.1, 0.15) is 39.0 Å². The third-order valence-electron chi connectivity index (χ3n) is 3.77. The number of likely N-dealkylation sites (tertiary alicyclic amines) is 1. The lowest BCUT2D eigenvalue weighted by Crippen LogP contribution is -2.50. The molecule has 0 spiro atoms. The zero-order valence-electron chi connectivity index (χ0n) is 10.5. The maximum atomic E-state index is 11.2. The first-order chi connectivity index (χ1) is 7.64. The largest absolute Gasteiger partial charge is 0.480 e. The number of aliphatic carboxylic acids is 1. The number of hydrogen-bond acceptors (Lipinski definition) is 3. The number of nitrogens with zero attached hydrogens (tertiary/aromatic N) is 1. The summed E-state index contributed by atoms with van der Waals surface area (Å²) in [5.41, 5.74) is -0.722. The topological polar surface area (TPSA) is 52.6 Å². The third kappa shape index (κ3) is 3.19. The van der Waals surface area contributed by atoms with Crippen molar-refractivity contribution in [3.8, 4) is 0 Å². The molecule has 1 fully saturated rings. The van der Waals surface area contributed by atoms with E-state index in [0.29, 0.717) is 12.8 Å². The van der Waals surface area contributed by atoms with E-state index in [1.165, 1.54) is 25.9 Å². The van der Waals surface area contributed by atoms with Gasteiger partial charge in [0.1, 0.15) is 5.54 Å². The van der Waals surface area contributed by atoms with Gasteiger partial charge in [-0.2, -0.15) is 0 Å². The highest BCUT2D eigenvalue weighted by atomic mass is 16.4. The van der Waals surface area contributed by atoms with Crippen LogP contribution in [0.15, 0.2) is 0 Å². The lowest BCUT2D eigenvalue weighted by molar-refractivity contribution is -0.145. The second kappa shape index (κ2) is 6.21. The molecule has 0 aromatic rings. The maximum Gasteiger partial charge on any atom is 0.323 e. The highest BCUT2D eigenvalue weighted by molar-refractivity contribution is 5.78. The van der Waals surface area contributed by atoms with Crippen molar-refractivity contribution in [2.24, 2.45) is 0 Å². The Hall–Kier alpha value is -0.610. The van der Waals surface area contributed by atoms with Gasteiger partial charge >= 0.3 is 5.97 Å². The molecule has 4 heteroatoms. The third-order valence-corrected chi connectivity index (χ3v) is 3.77. The molecule has 1 unspecified atom stereocenters. The van der Waals surface area contributed by atoms with Crippen LogP contribution in [-0.2, 0) is 4.79 Å². The van der Waals surface area contributed by atoms with Gasteiger partial charge in [-0.3, -0.25) is 4.79 Å². The van der Waals surface area contributed by atoms with Crippen LogP contribution in [0.2, 0.25) is 0 Å². The predicted molar refractivity (Wildman–Crippen MR) is 64.6 cm³/mol. The lowest BCUT2D eigenvalue weighted by Gasteiger charge is -2.28. The van der Waals surface area contributed by atoms with Crippen molar-refractivity contribution in [1.29, 1.82) is 0 Å². The van der Waals surface area contributed by atoms with Gasteiger partial charge in [-0.05, 0) is 58.8 Å². The van der Waals surface area contributed by atoms with E-state index in [-0.39, 0.29) is 0 Å². The van der Waals surface area contributed by atoms with E-state index < -0.39 is 11.5 Å². The minimum atomic E-state index is -0.723. The first-order valence-electron chi connectivity index (χ1n) is 6.29. The highest BCUT2D eigenvalue weighted by Gasteiger charge is 2.34. The normalized spacial score (nSPS) is 20.9. The van der Waals surface area contributed by atoms with Crippen LogP contribution in [-0.4, -0.2) is 48.2 Å². The van der Waals surface area contributed by atoms with E-state index in [0.717, 1.165) is 13.0 Å². The number of nitrogens with one attached hydrogen (secondary N) is 1. The zero-order valence-corrected chi connectivity index (χ0v) is 10.5. The molecule has 94 valence electrons. The van der Waals surface area contributed by atoms with Crippen LogP contribution in [0.3, 0.4) is 0 Å². The molecule has 4 nitrogen and oxygen atoms in total. The Kier molecular flexibility index (Phi) is 5.22. The van der Waals surface area contributed by atoms with Crippen molar-refractivity contribution < 1.29 is 9.90 Å². The number of carboxylic acid groups (broad SMARTS) is 1. The van der Waals surface area contributed by atoms with Gasteiger partial charge < -0.3 is 15.3 Å². The Labute approximate surface area is 98.0 Å². The zero-order chi connectivity index (χ0) is 12.0. The molecule has 1 rings (SSSR count). The molecule has 1 saturated heterocycles. The molecule has 0 radical (unpaired) electrons. The fourth-order valence-corrected chi connectivity index (χ4v) is 2.45. The van der Waals surface area contributed by atoms with Gasteiger partial charge in [-0.15, -0.1) is 0 Å². The second-order valence-electron chi connectivity index (χ2n) is 4.64. The van der Waals surface area contributed by atoms with Crippen LogP contribution in [0.25, 0.3) is 0 Å². The summed E-state index contributed by atoms with van der Waals surface area (Å²) in [4.78, 5) is 13.7. The van der Waals surface area contributed by atoms with Crippen molar-refractivity contribution in [3.05, 3.63) is 0 Å². The molecule has 0 aromatic carbocycles. The van der Waals surface area contributed by atoms with Crippen molar-refractivity contribution in [2.75, 3.05) is 26.7 Å². The minimum absolute atomic E-state index is 0.638. The summed E-state index contributed by atoms with van der Waals surface area (Å²) in [6, 6.07) is 0. The number of likely N-dealkylation sites (N-methyl/N-ethyl adjacent to an activating group) is 1.